The van der Waals surface area contributed by atoms with Gasteiger partial charge in [-0.15, -0.1) is 0 Å². The number of hydrogen-bond acceptors (Lipinski definition) is 8. The van der Waals surface area contributed by atoms with Gasteiger partial charge in [0.05, 0.1) is 17.2 Å². The molecule has 0 saturated carbocycles. The molecular formula is C26H16ClF9N6O6. The minimum atomic E-state index is -5.08. The minimum absolute atomic E-state index is 0.588. The van der Waals surface area contributed by atoms with Gasteiger partial charge in [-0.05, 0) is 48.5 Å². The lowest BCUT2D eigenvalue weighted by Crippen LogP contribution is -2.21. The molecule has 0 aliphatic rings. The zero-order chi connectivity index (χ0) is 36.4. The van der Waals surface area contributed by atoms with E-state index in [0.29, 0.717) is 16.7 Å². The number of H-pyrrole nitrogens is 1. The van der Waals surface area contributed by atoms with E-state index in [4.69, 9.17) is 46.3 Å². The van der Waals surface area contributed by atoms with Crippen LogP contribution in [-0.4, -0.2) is 76.9 Å². The molecule has 3 aromatic heterocycles. The number of carbonyl (C=O) groups is 3. The van der Waals surface area contributed by atoms with E-state index >= 15 is 0 Å². The molecule has 2 aromatic carbocycles. The van der Waals surface area contributed by atoms with Crippen LogP contribution in [0.2, 0.25) is 5.02 Å². The molecule has 5 aromatic rings. The standard InChI is InChI=1S/C20H13ClN6.3C2HF3O2/c21-14-3-5-16-18(9-14)25-19(12-2-1-7-22-10-12)26-20(16)24-15-4-6-17-13(8-15)11-23-27-17;3*3-2(4,5)1(6)7/h1-11H,(H,23,27)(H,24,25,26);3*(H,6,7). The van der Waals surface area contributed by atoms with Gasteiger partial charge in [-0.2, -0.15) is 44.6 Å². The van der Waals surface area contributed by atoms with E-state index in [2.05, 4.69) is 25.5 Å². The quantitative estimate of drug-likeness (QED) is 0.123. The van der Waals surface area contributed by atoms with Crippen LogP contribution < -0.4 is 5.32 Å². The first-order chi connectivity index (χ1) is 22.1. The van der Waals surface area contributed by atoms with E-state index in [0.717, 1.165) is 33.1 Å². The Hall–Kier alpha value is -5.73. The zero-order valence-corrected chi connectivity index (χ0v) is 23.7. The van der Waals surface area contributed by atoms with E-state index in [1.165, 1.54) is 0 Å². The second kappa shape index (κ2) is 15.7. The van der Waals surface area contributed by atoms with Crippen molar-refractivity contribution in [2.24, 2.45) is 0 Å². The number of aliphatic carboxylic acids is 3. The van der Waals surface area contributed by atoms with Gasteiger partial charge in [-0.25, -0.2) is 24.4 Å². The SMILES string of the molecule is Clc1ccc2c(Nc3ccc4[nH]ncc4c3)nc(-c3cccnc3)nc2c1.O=C(O)C(F)(F)F.O=C(O)C(F)(F)F.O=C(O)C(F)(F)F. The molecule has 0 saturated heterocycles. The zero-order valence-electron chi connectivity index (χ0n) is 23.0. The van der Waals surface area contributed by atoms with Crippen LogP contribution in [0.15, 0.2) is 67.1 Å². The number of anilines is 2. The third-order valence-corrected chi connectivity index (χ3v) is 5.24. The van der Waals surface area contributed by atoms with Gasteiger partial charge in [0.1, 0.15) is 5.82 Å². The minimum Gasteiger partial charge on any atom is -0.475 e. The molecule has 0 amide bonds. The van der Waals surface area contributed by atoms with Crippen molar-refractivity contribution in [1.82, 2.24) is 25.1 Å². The number of aromatic nitrogens is 5. The lowest BCUT2D eigenvalue weighted by atomic mass is 10.2. The number of carboxylic acids is 3. The molecule has 12 nitrogen and oxygen atoms in total. The second-order valence-electron chi connectivity index (χ2n) is 8.50. The average molecular weight is 715 g/mol. The number of fused-ring (bicyclic) bond motifs is 2. The molecule has 0 fully saturated rings. The van der Waals surface area contributed by atoms with E-state index in [-0.39, 0.29) is 0 Å². The molecular weight excluding hydrogens is 699 g/mol. The van der Waals surface area contributed by atoms with Gasteiger partial charge >= 0.3 is 36.4 Å². The third kappa shape index (κ3) is 11.9. The van der Waals surface area contributed by atoms with Crippen LogP contribution in [-0.2, 0) is 14.4 Å². The highest BCUT2D eigenvalue weighted by molar-refractivity contribution is 6.31. The molecule has 5 rings (SSSR count). The molecule has 0 atom stereocenters. The number of rotatable bonds is 3. The first-order valence-electron chi connectivity index (χ1n) is 12.1. The summed E-state index contributed by atoms with van der Waals surface area (Å²) >= 11 is 6.18. The Balaban J connectivity index is 0.000000313. The maximum absolute atomic E-state index is 10.6. The number of alkyl halides is 9. The summed E-state index contributed by atoms with van der Waals surface area (Å²) in [4.78, 5) is 40.2. The fraction of sp³-hybridized carbons (Fsp3) is 0.115. The van der Waals surface area contributed by atoms with Gasteiger partial charge in [-0.1, -0.05) is 11.6 Å². The van der Waals surface area contributed by atoms with Gasteiger partial charge in [-0.3, -0.25) is 10.1 Å². The Morgan fingerprint density at radius 1 is 0.750 bits per heavy atom. The van der Waals surface area contributed by atoms with Crippen molar-refractivity contribution >= 4 is 62.8 Å². The summed E-state index contributed by atoms with van der Waals surface area (Å²) in [6.45, 7) is 0. The van der Waals surface area contributed by atoms with Crippen molar-refractivity contribution < 1.29 is 69.2 Å². The third-order valence-electron chi connectivity index (χ3n) is 5.01. The number of benzene rings is 2. The van der Waals surface area contributed by atoms with Crippen LogP contribution in [0.1, 0.15) is 0 Å². The first-order valence-corrected chi connectivity index (χ1v) is 12.5. The van der Waals surface area contributed by atoms with E-state index in [1.54, 1.807) is 18.6 Å². The van der Waals surface area contributed by atoms with Crippen LogP contribution in [0.25, 0.3) is 33.2 Å². The Kier molecular flexibility index (Phi) is 12.6. The summed E-state index contributed by atoms with van der Waals surface area (Å²) in [7, 11) is 0. The van der Waals surface area contributed by atoms with Gasteiger partial charge in [0.15, 0.2) is 5.82 Å². The Morgan fingerprint density at radius 3 is 1.81 bits per heavy atom. The number of nitrogens with one attached hydrogen (secondary N) is 2. The molecule has 0 spiro atoms. The molecule has 22 heteroatoms. The van der Waals surface area contributed by atoms with Crippen LogP contribution >= 0.6 is 11.6 Å². The Morgan fingerprint density at radius 2 is 1.31 bits per heavy atom. The topological polar surface area (TPSA) is 191 Å². The predicted molar refractivity (Wildman–Crippen MR) is 148 cm³/mol. The first kappa shape index (κ1) is 38.5. The molecule has 5 N–H and O–H groups in total. The van der Waals surface area contributed by atoms with E-state index in [9.17, 15) is 39.5 Å². The number of aromatic amines is 1. The summed E-state index contributed by atoms with van der Waals surface area (Å²) in [6, 6.07) is 15.4. The van der Waals surface area contributed by atoms with Gasteiger partial charge in [0.25, 0.3) is 0 Å². The van der Waals surface area contributed by atoms with Crippen LogP contribution in [0, 0.1) is 0 Å². The summed E-state index contributed by atoms with van der Waals surface area (Å²) in [5.41, 5.74) is 3.50. The summed E-state index contributed by atoms with van der Waals surface area (Å²) < 4.78 is 95.2. The number of nitrogens with zero attached hydrogens (tertiary/aromatic N) is 4. The summed E-state index contributed by atoms with van der Waals surface area (Å²) in [5.74, 6) is -6.98. The Labute approximate surface area is 264 Å². The lowest BCUT2D eigenvalue weighted by molar-refractivity contribution is -0.193. The molecule has 0 radical (unpaired) electrons. The molecule has 0 aliphatic carbocycles. The van der Waals surface area contributed by atoms with Crippen molar-refractivity contribution in [1.29, 1.82) is 0 Å². The van der Waals surface area contributed by atoms with Crippen molar-refractivity contribution in [3.63, 3.8) is 0 Å². The number of halogens is 10. The summed E-state index contributed by atoms with van der Waals surface area (Å²) in [6.07, 6.45) is -9.99. The van der Waals surface area contributed by atoms with Gasteiger partial charge in [0, 0.05) is 39.4 Å². The van der Waals surface area contributed by atoms with Gasteiger partial charge < -0.3 is 20.6 Å². The smallest absolute Gasteiger partial charge is 0.475 e. The number of pyridine rings is 1. The van der Waals surface area contributed by atoms with Crippen molar-refractivity contribution in [2.45, 2.75) is 18.5 Å². The van der Waals surface area contributed by atoms with Crippen molar-refractivity contribution in [3.8, 4) is 11.4 Å². The lowest BCUT2D eigenvalue weighted by Gasteiger charge is -2.11. The van der Waals surface area contributed by atoms with Crippen molar-refractivity contribution in [3.05, 3.63) is 72.1 Å². The number of carboxylic acid groups (broad SMARTS) is 3. The fourth-order valence-electron chi connectivity index (χ4n) is 2.98. The van der Waals surface area contributed by atoms with Crippen LogP contribution in [0.5, 0.6) is 0 Å². The molecule has 48 heavy (non-hydrogen) atoms. The molecule has 0 bridgehead atoms. The average Bonchev–Trinajstić information content (AvgIpc) is 3.45. The largest absolute Gasteiger partial charge is 0.490 e. The number of hydrogen-bond donors (Lipinski definition) is 5. The van der Waals surface area contributed by atoms with Crippen LogP contribution in [0.4, 0.5) is 51.0 Å². The highest BCUT2D eigenvalue weighted by Gasteiger charge is 2.39. The second-order valence-corrected chi connectivity index (χ2v) is 8.94. The highest BCUT2D eigenvalue weighted by Crippen LogP contribution is 2.30. The molecule has 0 aliphatic heterocycles. The normalized spacial score (nSPS) is 11.2. The predicted octanol–water partition coefficient (Wildman–Crippen LogP) is 6.87. The summed E-state index contributed by atoms with van der Waals surface area (Å²) in [5, 5.41) is 34.3. The van der Waals surface area contributed by atoms with E-state index in [1.807, 2.05) is 48.5 Å². The fourth-order valence-corrected chi connectivity index (χ4v) is 3.15. The molecule has 256 valence electrons. The van der Waals surface area contributed by atoms with Gasteiger partial charge in [0.2, 0.25) is 0 Å². The Bertz CT molecular complexity index is 1830. The molecule has 3 heterocycles. The maximum Gasteiger partial charge on any atom is 0.490 e. The monoisotopic (exact) mass is 714 g/mol. The highest BCUT2D eigenvalue weighted by atomic mass is 35.5. The van der Waals surface area contributed by atoms with Crippen LogP contribution in [0.3, 0.4) is 0 Å². The maximum atomic E-state index is 10.6. The van der Waals surface area contributed by atoms with Crippen molar-refractivity contribution in [2.75, 3.05) is 5.32 Å². The molecule has 0 unspecified atom stereocenters. The van der Waals surface area contributed by atoms with E-state index < -0.39 is 36.4 Å².